The van der Waals surface area contributed by atoms with Crippen molar-refractivity contribution in [2.24, 2.45) is 10.1 Å². The first kappa shape index (κ1) is 19.3. The predicted octanol–water partition coefficient (Wildman–Crippen LogP) is 2.11. The number of aliphatic imine (C=N–C) groups is 1. The Bertz CT molecular complexity index is 764. The molecule has 2 aliphatic heterocycles. The molecule has 0 spiro atoms. The van der Waals surface area contributed by atoms with E-state index in [0.717, 1.165) is 29.3 Å². The van der Waals surface area contributed by atoms with Crippen molar-refractivity contribution in [3.05, 3.63) is 34.3 Å². The number of halogens is 1. The number of carbonyl (C=O) groups excluding carboxylic acids is 2. The lowest BCUT2D eigenvalue weighted by atomic mass is 10.1. The van der Waals surface area contributed by atoms with Crippen LogP contribution in [-0.2, 0) is 4.79 Å². The fourth-order valence-electron chi connectivity index (χ4n) is 3.11. The fraction of sp³-hybridized carbons (Fsp3) is 0.444. The number of nitrogens with zero attached hydrogens (tertiary/aromatic N) is 4. The van der Waals surface area contributed by atoms with Crippen LogP contribution in [0.5, 0.6) is 0 Å². The van der Waals surface area contributed by atoms with E-state index < -0.39 is 18.2 Å². The van der Waals surface area contributed by atoms with Crippen molar-refractivity contribution in [3.63, 3.8) is 0 Å². The number of carbonyl (C=O) groups is 2. The van der Waals surface area contributed by atoms with Crippen LogP contribution in [-0.4, -0.2) is 59.7 Å². The lowest BCUT2D eigenvalue weighted by molar-refractivity contribution is -0.127. The molecule has 0 aromatic heterocycles. The molecule has 3 amide bonds. The van der Waals surface area contributed by atoms with Gasteiger partial charge in [-0.05, 0) is 24.1 Å². The van der Waals surface area contributed by atoms with Crippen LogP contribution >= 0.6 is 15.9 Å². The molecular weight excluding hydrogens is 412 g/mol. The normalized spacial score (nSPS) is 22.1. The Hall–Kier alpha value is -2.42. The lowest BCUT2D eigenvalue weighted by Gasteiger charge is -2.36. The summed E-state index contributed by atoms with van der Waals surface area (Å²) in [6, 6.07) is 6.78. The summed E-state index contributed by atoms with van der Waals surface area (Å²) in [5, 5.41) is 6.65. The lowest BCUT2D eigenvalue weighted by Crippen LogP contribution is -2.64. The maximum absolute atomic E-state index is 12.4. The third-order valence-electron chi connectivity index (χ3n) is 4.61. The summed E-state index contributed by atoms with van der Waals surface area (Å²) < 4.78 is 0.998. The third kappa shape index (κ3) is 4.29. The summed E-state index contributed by atoms with van der Waals surface area (Å²) in [5.74, 6) is 0.184. The average molecular weight is 435 g/mol. The van der Waals surface area contributed by atoms with E-state index in [1.54, 1.807) is 13.3 Å². The highest BCUT2D eigenvalue weighted by Gasteiger charge is 2.48. The molecule has 1 fully saturated rings. The molecule has 8 nitrogen and oxygen atoms in total. The number of imide groups is 1. The zero-order valence-electron chi connectivity index (χ0n) is 15.4. The predicted molar refractivity (Wildman–Crippen MR) is 107 cm³/mol. The first-order valence-corrected chi connectivity index (χ1v) is 9.77. The van der Waals surface area contributed by atoms with Crippen molar-refractivity contribution in [1.82, 2.24) is 20.5 Å². The second kappa shape index (κ2) is 8.51. The number of rotatable bonds is 6. The van der Waals surface area contributed by atoms with E-state index in [1.165, 1.54) is 4.90 Å². The van der Waals surface area contributed by atoms with Crippen LogP contribution in [0.4, 0.5) is 4.79 Å². The van der Waals surface area contributed by atoms with Crippen LogP contribution in [0, 0.1) is 0 Å². The smallest absolute Gasteiger partial charge is 0.325 e. The number of benzene rings is 1. The van der Waals surface area contributed by atoms with Gasteiger partial charge in [0.2, 0.25) is 5.96 Å². The molecule has 0 radical (unpaired) electrons. The second-order valence-corrected chi connectivity index (χ2v) is 7.45. The van der Waals surface area contributed by atoms with Crippen LogP contribution in [0.25, 0.3) is 0 Å². The first-order valence-electron chi connectivity index (χ1n) is 8.98. The Morgan fingerprint density at radius 1 is 1.30 bits per heavy atom. The molecule has 0 bridgehead atoms. The van der Waals surface area contributed by atoms with Gasteiger partial charge in [0.25, 0.3) is 5.91 Å². The van der Waals surface area contributed by atoms with Gasteiger partial charge in [-0.15, -0.1) is 0 Å². The number of likely N-dealkylation sites (N-methyl/N-ethyl adjacent to an activating group) is 1. The van der Waals surface area contributed by atoms with Crippen molar-refractivity contribution >= 4 is 40.0 Å². The minimum Gasteiger partial charge on any atom is -0.326 e. The highest BCUT2D eigenvalue weighted by atomic mass is 79.9. The topological polar surface area (TPSA) is 89.4 Å². The highest BCUT2D eigenvalue weighted by Crippen LogP contribution is 2.23. The summed E-state index contributed by atoms with van der Waals surface area (Å²) in [5.41, 5.74) is 3.88. The van der Waals surface area contributed by atoms with Gasteiger partial charge in [0.15, 0.2) is 12.2 Å². The van der Waals surface area contributed by atoms with Crippen LogP contribution in [0.15, 0.2) is 38.8 Å². The fourth-order valence-corrected chi connectivity index (χ4v) is 3.37. The van der Waals surface area contributed by atoms with Crippen molar-refractivity contribution in [2.75, 3.05) is 13.6 Å². The third-order valence-corrected chi connectivity index (χ3v) is 5.14. The van der Waals surface area contributed by atoms with E-state index in [1.807, 2.05) is 29.2 Å². The van der Waals surface area contributed by atoms with Gasteiger partial charge in [-0.1, -0.05) is 47.8 Å². The molecule has 2 atom stereocenters. The van der Waals surface area contributed by atoms with Crippen molar-refractivity contribution in [2.45, 2.75) is 38.4 Å². The maximum Gasteiger partial charge on any atom is 0.325 e. The molecule has 1 aromatic rings. The molecule has 2 heterocycles. The minimum atomic E-state index is -0.543. The van der Waals surface area contributed by atoms with Gasteiger partial charge >= 0.3 is 6.03 Å². The number of unbranched alkanes of at least 4 members (excludes halogenated alkanes) is 2. The Morgan fingerprint density at radius 2 is 2.04 bits per heavy atom. The molecule has 27 heavy (non-hydrogen) atoms. The number of guanidine groups is 1. The van der Waals surface area contributed by atoms with Gasteiger partial charge in [-0.25, -0.2) is 15.2 Å². The summed E-state index contributed by atoms with van der Waals surface area (Å²) in [6.07, 6.45) is 4.21. The van der Waals surface area contributed by atoms with Crippen LogP contribution < -0.4 is 10.7 Å². The first-order chi connectivity index (χ1) is 13.0. The molecule has 2 unspecified atom stereocenters. The SMILES string of the molecule is CCCCCN1C(N/N=C/c2ccc(Br)cc2)=NC2C1C(=O)NC(=O)N2C. The second-order valence-electron chi connectivity index (χ2n) is 6.54. The van der Waals surface area contributed by atoms with Crippen LogP contribution in [0.2, 0.25) is 0 Å². The van der Waals surface area contributed by atoms with Crippen LogP contribution in [0.3, 0.4) is 0 Å². The summed E-state index contributed by atoms with van der Waals surface area (Å²) >= 11 is 3.40. The van der Waals surface area contributed by atoms with Gasteiger partial charge in [0, 0.05) is 18.1 Å². The number of nitrogens with one attached hydrogen (secondary N) is 2. The summed E-state index contributed by atoms with van der Waals surface area (Å²) in [7, 11) is 1.64. The summed E-state index contributed by atoms with van der Waals surface area (Å²) in [4.78, 5) is 32.2. The number of fused-ring (bicyclic) bond motifs is 1. The summed E-state index contributed by atoms with van der Waals surface area (Å²) in [6.45, 7) is 2.80. The van der Waals surface area contributed by atoms with E-state index in [0.29, 0.717) is 12.5 Å². The molecule has 9 heteroatoms. The van der Waals surface area contributed by atoms with Gasteiger partial charge in [0.05, 0.1) is 6.21 Å². The number of hydrogen-bond acceptors (Lipinski definition) is 6. The van der Waals surface area contributed by atoms with Gasteiger partial charge in [0.1, 0.15) is 0 Å². The van der Waals surface area contributed by atoms with Crippen molar-refractivity contribution in [1.29, 1.82) is 0 Å². The molecule has 2 aliphatic rings. The van der Waals surface area contributed by atoms with E-state index in [4.69, 9.17) is 0 Å². The quantitative estimate of drug-likeness (QED) is 0.407. The molecule has 144 valence electrons. The molecule has 1 saturated heterocycles. The Balaban J connectivity index is 1.76. The molecule has 0 saturated carbocycles. The largest absolute Gasteiger partial charge is 0.326 e. The standard InChI is InChI=1S/C18H23BrN6O2/c1-3-4-5-10-25-14-15(24(2)18(27)22-16(14)26)21-17(25)23-20-11-12-6-8-13(19)9-7-12/h6-9,11,14-15H,3-5,10H2,1-2H3,(H,21,23)(H,22,26,27)/b20-11+. The zero-order valence-corrected chi connectivity index (χ0v) is 16.9. The monoisotopic (exact) mass is 434 g/mol. The van der Waals surface area contributed by atoms with Gasteiger partial charge < -0.3 is 9.80 Å². The van der Waals surface area contributed by atoms with E-state index in [-0.39, 0.29) is 5.91 Å². The molecule has 1 aromatic carbocycles. The Morgan fingerprint density at radius 3 is 2.74 bits per heavy atom. The molecular formula is C18H23BrN6O2. The van der Waals surface area contributed by atoms with Crippen molar-refractivity contribution in [3.8, 4) is 0 Å². The highest BCUT2D eigenvalue weighted by molar-refractivity contribution is 9.10. The van der Waals surface area contributed by atoms with E-state index >= 15 is 0 Å². The number of amides is 3. The number of hydrazone groups is 1. The molecule has 0 aliphatic carbocycles. The molecule has 3 rings (SSSR count). The number of urea groups is 1. The van der Waals surface area contributed by atoms with E-state index in [9.17, 15) is 9.59 Å². The van der Waals surface area contributed by atoms with E-state index in [2.05, 4.69) is 43.7 Å². The minimum absolute atomic E-state index is 0.322. The maximum atomic E-state index is 12.4. The van der Waals surface area contributed by atoms with Gasteiger partial charge in [-0.3, -0.25) is 10.1 Å². The van der Waals surface area contributed by atoms with Crippen molar-refractivity contribution < 1.29 is 9.59 Å². The zero-order chi connectivity index (χ0) is 19.4. The Kier molecular flexibility index (Phi) is 6.10. The Labute approximate surface area is 166 Å². The average Bonchev–Trinajstić information content (AvgIpc) is 3.01. The van der Waals surface area contributed by atoms with Crippen LogP contribution in [0.1, 0.15) is 31.7 Å². The van der Waals surface area contributed by atoms with Gasteiger partial charge in [-0.2, -0.15) is 5.10 Å². The molecule has 2 N–H and O–H groups in total. The number of hydrogen-bond donors (Lipinski definition) is 2.